The van der Waals surface area contributed by atoms with Crippen molar-refractivity contribution in [1.82, 2.24) is 10.6 Å². The fourth-order valence-electron chi connectivity index (χ4n) is 2.16. The number of hydrogen-bond donors (Lipinski definition) is 3. The van der Waals surface area contributed by atoms with E-state index in [0.29, 0.717) is 25.7 Å². The lowest BCUT2D eigenvalue weighted by atomic mass is 9.90. The SMILES string of the molecule is O=C(NCC(F)F)NC1(C(=O)O)CCCCCC1. The number of rotatable bonds is 4. The van der Waals surface area contributed by atoms with Crippen LogP contribution >= 0.6 is 0 Å². The highest BCUT2D eigenvalue weighted by atomic mass is 19.3. The lowest BCUT2D eigenvalue weighted by Gasteiger charge is -2.29. The molecule has 18 heavy (non-hydrogen) atoms. The number of carboxylic acid groups (broad SMARTS) is 1. The van der Waals surface area contributed by atoms with Crippen molar-refractivity contribution in [3.8, 4) is 0 Å². The van der Waals surface area contributed by atoms with Crippen LogP contribution < -0.4 is 10.6 Å². The summed E-state index contributed by atoms with van der Waals surface area (Å²) >= 11 is 0. The van der Waals surface area contributed by atoms with Gasteiger partial charge in [0, 0.05) is 0 Å². The number of nitrogens with one attached hydrogen (secondary N) is 2. The van der Waals surface area contributed by atoms with Crippen LogP contribution in [0.25, 0.3) is 0 Å². The van der Waals surface area contributed by atoms with Gasteiger partial charge in [-0.15, -0.1) is 0 Å². The molecule has 1 rings (SSSR count). The molecule has 0 aliphatic heterocycles. The second-order valence-electron chi connectivity index (χ2n) is 4.53. The molecular formula is C11H18F2N2O3. The average Bonchev–Trinajstić information content (AvgIpc) is 2.53. The van der Waals surface area contributed by atoms with E-state index in [2.05, 4.69) is 5.32 Å². The van der Waals surface area contributed by atoms with E-state index >= 15 is 0 Å². The van der Waals surface area contributed by atoms with E-state index in [4.69, 9.17) is 0 Å². The molecule has 1 aliphatic carbocycles. The van der Waals surface area contributed by atoms with Crippen LogP contribution in [0.1, 0.15) is 38.5 Å². The summed E-state index contributed by atoms with van der Waals surface area (Å²) in [6, 6.07) is -0.848. The third-order valence-electron chi connectivity index (χ3n) is 3.14. The molecule has 1 saturated carbocycles. The van der Waals surface area contributed by atoms with E-state index in [1.807, 2.05) is 5.32 Å². The maximum absolute atomic E-state index is 11.9. The highest BCUT2D eigenvalue weighted by Gasteiger charge is 2.40. The number of carbonyl (C=O) groups excluding carboxylic acids is 1. The lowest BCUT2D eigenvalue weighted by molar-refractivity contribution is -0.145. The number of carbonyl (C=O) groups is 2. The quantitative estimate of drug-likeness (QED) is 0.677. The molecule has 0 saturated heterocycles. The molecule has 0 atom stereocenters. The van der Waals surface area contributed by atoms with Crippen LogP contribution in [0.3, 0.4) is 0 Å². The Morgan fingerprint density at radius 2 is 1.72 bits per heavy atom. The minimum Gasteiger partial charge on any atom is -0.480 e. The molecular weight excluding hydrogens is 246 g/mol. The Bertz CT molecular complexity index is 303. The second kappa shape index (κ2) is 6.51. The van der Waals surface area contributed by atoms with E-state index in [9.17, 15) is 23.5 Å². The molecule has 2 amide bonds. The first-order valence-corrected chi connectivity index (χ1v) is 6.04. The van der Waals surface area contributed by atoms with Crippen LogP contribution in [0.2, 0.25) is 0 Å². The Labute approximate surface area is 104 Å². The topological polar surface area (TPSA) is 78.4 Å². The zero-order valence-corrected chi connectivity index (χ0v) is 10.0. The van der Waals surface area contributed by atoms with E-state index in [-0.39, 0.29) is 0 Å². The fraction of sp³-hybridized carbons (Fsp3) is 0.818. The number of hydrogen-bond acceptors (Lipinski definition) is 2. The van der Waals surface area contributed by atoms with Crippen molar-refractivity contribution in [2.75, 3.05) is 6.54 Å². The lowest BCUT2D eigenvalue weighted by Crippen LogP contribution is -2.57. The minimum atomic E-state index is -2.65. The monoisotopic (exact) mass is 264 g/mol. The third kappa shape index (κ3) is 4.12. The van der Waals surface area contributed by atoms with Crippen LogP contribution in [0.5, 0.6) is 0 Å². The van der Waals surface area contributed by atoms with Crippen LogP contribution in [0.15, 0.2) is 0 Å². The molecule has 0 bridgehead atoms. The largest absolute Gasteiger partial charge is 0.480 e. The summed E-state index contributed by atoms with van der Waals surface area (Å²) in [5, 5.41) is 13.6. The van der Waals surface area contributed by atoms with E-state index < -0.39 is 30.5 Å². The van der Waals surface area contributed by atoms with Crippen LogP contribution in [0, 0.1) is 0 Å². The molecule has 0 unspecified atom stereocenters. The summed E-state index contributed by atoms with van der Waals surface area (Å²) in [6.45, 7) is -0.776. The highest BCUT2D eigenvalue weighted by Crippen LogP contribution is 2.27. The Hall–Kier alpha value is -1.40. The zero-order valence-electron chi connectivity index (χ0n) is 10.0. The van der Waals surface area contributed by atoms with Crippen molar-refractivity contribution in [1.29, 1.82) is 0 Å². The van der Waals surface area contributed by atoms with Crippen molar-refractivity contribution >= 4 is 12.0 Å². The Morgan fingerprint density at radius 3 is 2.17 bits per heavy atom. The number of halogens is 2. The first-order valence-electron chi connectivity index (χ1n) is 6.04. The van der Waals surface area contributed by atoms with Crippen molar-refractivity contribution in [3.63, 3.8) is 0 Å². The fourth-order valence-corrected chi connectivity index (χ4v) is 2.16. The molecule has 1 aliphatic rings. The van der Waals surface area contributed by atoms with Gasteiger partial charge in [0.05, 0.1) is 6.54 Å². The number of urea groups is 1. The van der Waals surface area contributed by atoms with Gasteiger partial charge >= 0.3 is 12.0 Å². The molecule has 0 radical (unpaired) electrons. The van der Waals surface area contributed by atoms with Gasteiger partial charge in [0.25, 0.3) is 6.43 Å². The third-order valence-corrected chi connectivity index (χ3v) is 3.14. The van der Waals surface area contributed by atoms with Gasteiger partial charge in [0.2, 0.25) is 0 Å². The average molecular weight is 264 g/mol. The summed E-state index contributed by atoms with van der Waals surface area (Å²) in [4.78, 5) is 22.7. The number of alkyl halides is 2. The predicted molar refractivity (Wildman–Crippen MR) is 60.6 cm³/mol. The standard InChI is InChI=1S/C11H18F2N2O3/c12-8(13)7-14-10(18)15-11(9(16)17)5-3-1-2-4-6-11/h8H,1-7H2,(H,16,17)(H2,14,15,18). The maximum atomic E-state index is 11.9. The number of amides is 2. The maximum Gasteiger partial charge on any atom is 0.329 e. The first kappa shape index (κ1) is 14.7. The van der Waals surface area contributed by atoms with E-state index in [1.165, 1.54) is 0 Å². The Morgan fingerprint density at radius 1 is 1.17 bits per heavy atom. The number of aliphatic carboxylic acids is 1. The summed E-state index contributed by atoms with van der Waals surface area (Å²) < 4.78 is 23.9. The van der Waals surface area contributed by atoms with Crippen LogP contribution in [-0.2, 0) is 4.79 Å². The molecule has 1 fully saturated rings. The van der Waals surface area contributed by atoms with Gasteiger partial charge in [-0.25, -0.2) is 18.4 Å². The minimum absolute atomic E-state index is 0.338. The van der Waals surface area contributed by atoms with E-state index in [0.717, 1.165) is 12.8 Å². The van der Waals surface area contributed by atoms with Gasteiger partial charge in [-0.2, -0.15) is 0 Å². The second-order valence-corrected chi connectivity index (χ2v) is 4.53. The Balaban J connectivity index is 2.61. The zero-order chi connectivity index (χ0) is 13.6. The molecule has 0 aromatic heterocycles. The van der Waals surface area contributed by atoms with Crippen molar-refractivity contribution in [2.45, 2.75) is 50.5 Å². The summed E-state index contributed by atoms with van der Waals surface area (Å²) in [5.74, 6) is -1.10. The summed E-state index contributed by atoms with van der Waals surface area (Å²) in [7, 11) is 0. The molecule has 3 N–H and O–H groups in total. The van der Waals surface area contributed by atoms with Crippen molar-refractivity contribution in [2.24, 2.45) is 0 Å². The van der Waals surface area contributed by atoms with Gasteiger partial charge in [0.15, 0.2) is 0 Å². The summed E-state index contributed by atoms with van der Waals surface area (Å²) in [6.07, 6.45) is 1.30. The van der Waals surface area contributed by atoms with Crippen molar-refractivity contribution < 1.29 is 23.5 Å². The molecule has 0 heterocycles. The summed E-state index contributed by atoms with van der Waals surface area (Å²) in [5.41, 5.74) is -1.32. The predicted octanol–water partition coefficient (Wildman–Crippen LogP) is 1.73. The smallest absolute Gasteiger partial charge is 0.329 e. The normalized spacial score (nSPS) is 19.1. The van der Waals surface area contributed by atoms with Gasteiger partial charge in [0.1, 0.15) is 5.54 Å². The van der Waals surface area contributed by atoms with Gasteiger partial charge in [-0.05, 0) is 12.8 Å². The molecule has 7 heteroatoms. The van der Waals surface area contributed by atoms with Gasteiger partial charge < -0.3 is 15.7 Å². The molecule has 0 aromatic carbocycles. The Kier molecular flexibility index (Phi) is 5.30. The first-order chi connectivity index (χ1) is 8.46. The van der Waals surface area contributed by atoms with Crippen LogP contribution in [0.4, 0.5) is 13.6 Å². The van der Waals surface area contributed by atoms with Crippen LogP contribution in [-0.4, -0.2) is 35.6 Å². The van der Waals surface area contributed by atoms with Gasteiger partial charge in [-0.3, -0.25) is 0 Å². The molecule has 5 nitrogen and oxygen atoms in total. The van der Waals surface area contributed by atoms with Gasteiger partial charge in [-0.1, -0.05) is 25.7 Å². The highest BCUT2D eigenvalue weighted by molar-refractivity contribution is 5.86. The molecule has 104 valence electrons. The molecule has 0 aromatic rings. The number of carboxylic acids is 1. The molecule has 0 spiro atoms. The van der Waals surface area contributed by atoms with E-state index in [1.54, 1.807) is 0 Å². The van der Waals surface area contributed by atoms with Crippen molar-refractivity contribution in [3.05, 3.63) is 0 Å².